The van der Waals surface area contributed by atoms with Crippen molar-refractivity contribution in [3.05, 3.63) is 12.7 Å². The number of carbonyl (C=O) groups is 1. The Bertz CT molecular complexity index is 161. The fourth-order valence-electron chi connectivity index (χ4n) is 0.301. The highest BCUT2D eigenvalue weighted by atomic mass is 17.2. The van der Waals surface area contributed by atoms with Gasteiger partial charge in [0.1, 0.15) is 6.61 Å². The Morgan fingerprint density at radius 3 is 2.21 bits per heavy atom. The number of carboxylic acid groups (broad SMARTS) is 2. The van der Waals surface area contributed by atoms with Gasteiger partial charge in [0.2, 0.25) is 0 Å². The second kappa shape index (κ2) is 8.52. The molecular weight excluding hydrogens is 188 g/mol. The molecule has 5 heteroatoms. The lowest BCUT2D eigenvalue weighted by atomic mass is 10.1. The summed E-state index contributed by atoms with van der Waals surface area (Å²) in [6.07, 6.45) is 0.760. The van der Waals surface area contributed by atoms with Crippen molar-refractivity contribution in [1.29, 1.82) is 0 Å². The van der Waals surface area contributed by atoms with Gasteiger partial charge in [-0.1, -0.05) is 13.0 Å². The molecule has 0 aliphatic heterocycles. The zero-order valence-electron chi connectivity index (χ0n) is 8.82. The molecule has 0 aliphatic carbocycles. The Balaban J connectivity index is 0. The van der Waals surface area contributed by atoms with Gasteiger partial charge in [0.25, 0.3) is 0 Å². The van der Waals surface area contributed by atoms with Crippen molar-refractivity contribution in [2.45, 2.75) is 32.8 Å². The highest BCUT2D eigenvalue weighted by molar-refractivity contribution is 5.53. The first-order valence-corrected chi connectivity index (χ1v) is 4.19. The standard InChI is InChI=1S/C8H16O2.CH2O3/c1-5-7-9-10-8(3,4)6-2;2-1(3)4/h5H,1,6-7H2,2-4H3;(H2,2,3,4). The van der Waals surface area contributed by atoms with Crippen LogP contribution in [-0.4, -0.2) is 28.6 Å². The molecule has 0 aliphatic rings. The van der Waals surface area contributed by atoms with E-state index in [1.165, 1.54) is 0 Å². The molecule has 0 atom stereocenters. The lowest BCUT2D eigenvalue weighted by molar-refractivity contribution is -0.347. The van der Waals surface area contributed by atoms with Gasteiger partial charge in [-0.3, -0.25) is 0 Å². The van der Waals surface area contributed by atoms with Gasteiger partial charge in [-0.15, -0.1) is 6.58 Å². The van der Waals surface area contributed by atoms with Crippen molar-refractivity contribution < 1.29 is 24.8 Å². The summed E-state index contributed by atoms with van der Waals surface area (Å²) in [6.45, 7) is 9.97. The van der Waals surface area contributed by atoms with Crippen LogP contribution in [0.5, 0.6) is 0 Å². The van der Waals surface area contributed by atoms with Gasteiger partial charge in [0.05, 0.1) is 5.60 Å². The molecule has 0 unspecified atom stereocenters. The van der Waals surface area contributed by atoms with Crippen LogP contribution in [0.4, 0.5) is 4.79 Å². The number of rotatable bonds is 5. The maximum atomic E-state index is 8.56. The molecule has 0 fully saturated rings. The van der Waals surface area contributed by atoms with Crippen LogP contribution in [-0.2, 0) is 9.78 Å². The lowest BCUT2D eigenvalue weighted by Gasteiger charge is -2.20. The molecule has 0 amide bonds. The number of hydrogen-bond acceptors (Lipinski definition) is 3. The summed E-state index contributed by atoms with van der Waals surface area (Å²) in [5.74, 6) is 0. The van der Waals surface area contributed by atoms with E-state index in [4.69, 9.17) is 24.8 Å². The van der Waals surface area contributed by atoms with Gasteiger partial charge in [-0.2, -0.15) is 0 Å². The van der Waals surface area contributed by atoms with Gasteiger partial charge in [-0.05, 0) is 20.3 Å². The summed E-state index contributed by atoms with van der Waals surface area (Å²) in [7, 11) is 0. The van der Waals surface area contributed by atoms with E-state index in [2.05, 4.69) is 13.5 Å². The molecule has 0 bridgehead atoms. The van der Waals surface area contributed by atoms with Gasteiger partial charge in [-0.25, -0.2) is 14.6 Å². The van der Waals surface area contributed by atoms with Crippen LogP contribution in [0.2, 0.25) is 0 Å². The van der Waals surface area contributed by atoms with E-state index in [0.29, 0.717) is 6.61 Å². The molecule has 0 aromatic rings. The minimum Gasteiger partial charge on any atom is -0.450 e. The van der Waals surface area contributed by atoms with Crippen LogP contribution in [0.25, 0.3) is 0 Å². The van der Waals surface area contributed by atoms with Crippen molar-refractivity contribution in [3.63, 3.8) is 0 Å². The minimum atomic E-state index is -1.83. The predicted octanol–water partition coefficient (Wildman–Crippen LogP) is 2.53. The van der Waals surface area contributed by atoms with E-state index in [1.54, 1.807) is 6.08 Å². The normalized spacial score (nSPS) is 9.93. The van der Waals surface area contributed by atoms with E-state index >= 15 is 0 Å². The summed E-state index contributed by atoms with van der Waals surface area (Å²) in [5, 5.41) is 13.9. The maximum absolute atomic E-state index is 8.56. The molecule has 5 nitrogen and oxygen atoms in total. The topological polar surface area (TPSA) is 76.0 Å². The van der Waals surface area contributed by atoms with Crippen LogP contribution in [0.1, 0.15) is 27.2 Å². The van der Waals surface area contributed by atoms with Gasteiger partial charge < -0.3 is 10.2 Å². The molecule has 0 spiro atoms. The van der Waals surface area contributed by atoms with Crippen LogP contribution in [0, 0.1) is 0 Å². The summed E-state index contributed by atoms with van der Waals surface area (Å²) in [4.78, 5) is 18.4. The molecule has 0 aromatic carbocycles. The van der Waals surface area contributed by atoms with Crippen LogP contribution < -0.4 is 0 Å². The second-order valence-electron chi connectivity index (χ2n) is 3.05. The van der Waals surface area contributed by atoms with E-state index in [-0.39, 0.29) is 5.60 Å². The predicted molar refractivity (Wildman–Crippen MR) is 52.3 cm³/mol. The largest absolute Gasteiger partial charge is 0.503 e. The van der Waals surface area contributed by atoms with E-state index in [9.17, 15) is 0 Å². The zero-order valence-corrected chi connectivity index (χ0v) is 8.82. The Morgan fingerprint density at radius 2 is 1.93 bits per heavy atom. The molecular formula is C9H18O5. The van der Waals surface area contributed by atoms with E-state index in [0.717, 1.165) is 6.42 Å². The quantitative estimate of drug-likeness (QED) is 0.313. The van der Waals surface area contributed by atoms with E-state index < -0.39 is 6.16 Å². The van der Waals surface area contributed by atoms with Gasteiger partial charge >= 0.3 is 6.16 Å². The van der Waals surface area contributed by atoms with E-state index in [1.807, 2.05) is 13.8 Å². The van der Waals surface area contributed by atoms with Crippen LogP contribution in [0.3, 0.4) is 0 Å². The van der Waals surface area contributed by atoms with Crippen molar-refractivity contribution >= 4 is 6.16 Å². The highest BCUT2D eigenvalue weighted by Crippen LogP contribution is 2.13. The molecule has 0 radical (unpaired) electrons. The number of hydrogen-bond donors (Lipinski definition) is 2. The lowest BCUT2D eigenvalue weighted by Crippen LogP contribution is -2.23. The third kappa shape index (κ3) is 17.1. The Labute approximate surface area is 83.9 Å². The average molecular weight is 206 g/mol. The van der Waals surface area contributed by atoms with Crippen LogP contribution in [0.15, 0.2) is 12.7 Å². The third-order valence-electron chi connectivity index (χ3n) is 1.32. The molecule has 2 N–H and O–H groups in total. The molecule has 0 heterocycles. The first kappa shape index (κ1) is 15.4. The molecule has 0 saturated carbocycles. The first-order valence-electron chi connectivity index (χ1n) is 4.19. The summed E-state index contributed by atoms with van der Waals surface area (Å²) in [5.41, 5.74) is -0.178. The van der Waals surface area contributed by atoms with Crippen molar-refractivity contribution in [2.75, 3.05) is 6.61 Å². The molecule has 0 aromatic heterocycles. The smallest absolute Gasteiger partial charge is 0.450 e. The highest BCUT2D eigenvalue weighted by Gasteiger charge is 2.15. The molecule has 84 valence electrons. The summed E-state index contributed by atoms with van der Waals surface area (Å²) < 4.78 is 0. The SMILES string of the molecule is C=CCOOC(C)(C)CC.O=C(O)O. The molecule has 14 heavy (non-hydrogen) atoms. The van der Waals surface area contributed by atoms with Crippen molar-refractivity contribution in [3.8, 4) is 0 Å². The Morgan fingerprint density at radius 1 is 1.50 bits per heavy atom. The second-order valence-corrected chi connectivity index (χ2v) is 3.05. The summed E-state index contributed by atoms with van der Waals surface area (Å²) in [6, 6.07) is 0. The maximum Gasteiger partial charge on any atom is 0.503 e. The average Bonchev–Trinajstić information content (AvgIpc) is 2.04. The summed E-state index contributed by atoms with van der Waals surface area (Å²) >= 11 is 0. The third-order valence-corrected chi connectivity index (χ3v) is 1.32. The zero-order chi connectivity index (χ0) is 11.6. The fourth-order valence-corrected chi connectivity index (χ4v) is 0.301. The van der Waals surface area contributed by atoms with Crippen molar-refractivity contribution in [2.24, 2.45) is 0 Å². The Kier molecular flexibility index (Phi) is 9.38. The van der Waals surface area contributed by atoms with Crippen molar-refractivity contribution in [1.82, 2.24) is 0 Å². The van der Waals surface area contributed by atoms with Gasteiger partial charge in [0.15, 0.2) is 0 Å². The molecule has 0 saturated heterocycles. The minimum absolute atomic E-state index is 0.178. The fraction of sp³-hybridized carbons (Fsp3) is 0.667. The van der Waals surface area contributed by atoms with Crippen LogP contribution >= 0.6 is 0 Å². The Hall–Kier alpha value is -1.07. The van der Waals surface area contributed by atoms with Gasteiger partial charge in [0, 0.05) is 0 Å². The first-order chi connectivity index (χ1) is 6.35. The molecule has 0 rings (SSSR count). The monoisotopic (exact) mass is 206 g/mol.